The van der Waals surface area contributed by atoms with Crippen molar-refractivity contribution < 1.29 is 0 Å². The van der Waals surface area contributed by atoms with E-state index in [9.17, 15) is 4.79 Å². The van der Waals surface area contributed by atoms with Crippen LogP contribution in [0.3, 0.4) is 0 Å². The molecule has 2 rings (SSSR count). The third-order valence-electron chi connectivity index (χ3n) is 1.41. The van der Waals surface area contributed by atoms with Crippen LogP contribution in [0.5, 0.6) is 0 Å². The monoisotopic (exact) mass is 150 g/mol. The molecular weight excluding hydrogens is 144 g/mol. The van der Waals surface area contributed by atoms with Crippen LogP contribution in [0, 0.1) is 6.92 Å². The maximum absolute atomic E-state index is 11.1. The minimum atomic E-state index is -0.134. The highest BCUT2D eigenvalue weighted by Crippen LogP contribution is 1.91. The number of nitrogens with zero attached hydrogens (tertiary/aromatic N) is 3. The highest BCUT2D eigenvalue weighted by Gasteiger charge is 1.98. The first-order valence-corrected chi connectivity index (χ1v) is 3.17. The Labute approximate surface area is 61.7 Å². The highest BCUT2D eigenvalue weighted by atomic mass is 16.1. The largest absolute Gasteiger partial charge is 0.274 e. The Morgan fingerprint density at radius 1 is 1.64 bits per heavy atom. The van der Waals surface area contributed by atoms with E-state index < -0.39 is 0 Å². The number of fused-ring (bicyclic) bond motifs is 1. The van der Waals surface area contributed by atoms with Gasteiger partial charge >= 0.3 is 0 Å². The second kappa shape index (κ2) is 1.91. The van der Waals surface area contributed by atoms with Gasteiger partial charge in [-0.05, 0) is 6.92 Å². The molecule has 2 aromatic rings. The zero-order valence-corrected chi connectivity index (χ0v) is 5.90. The summed E-state index contributed by atoms with van der Waals surface area (Å²) in [5, 5.41) is 6.19. The Hall–Kier alpha value is -1.65. The van der Waals surface area contributed by atoms with Gasteiger partial charge < -0.3 is 0 Å². The van der Waals surface area contributed by atoms with E-state index >= 15 is 0 Å². The van der Waals surface area contributed by atoms with E-state index in [1.54, 1.807) is 6.92 Å². The van der Waals surface area contributed by atoms with Crippen molar-refractivity contribution in [2.24, 2.45) is 0 Å². The molecule has 0 aliphatic rings. The lowest BCUT2D eigenvalue weighted by Gasteiger charge is -1.90. The second-order valence-corrected chi connectivity index (χ2v) is 2.29. The summed E-state index contributed by atoms with van der Waals surface area (Å²) < 4.78 is 1.28. The van der Waals surface area contributed by atoms with Crippen LogP contribution in [-0.4, -0.2) is 19.8 Å². The minimum Gasteiger partial charge on any atom is -0.267 e. The molecule has 0 unspecified atom stereocenters. The van der Waals surface area contributed by atoms with E-state index in [0.29, 0.717) is 11.3 Å². The van der Waals surface area contributed by atoms with E-state index in [0.717, 1.165) is 0 Å². The average molecular weight is 150 g/mol. The van der Waals surface area contributed by atoms with Crippen molar-refractivity contribution in [2.45, 2.75) is 6.92 Å². The summed E-state index contributed by atoms with van der Waals surface area (Å²) in [6.45, 7) is 1.77. The molecule has 56 valence electrons. The molecule has 0 spiro atoms. The number of rotatable bonds is 0. The molecule has 0 amide bonds. The third-order valence-corrected chi connectivity index (χ3v) is 1.41. The number of hydrogen-bond acceptors (Lipinski definition) is 3. The molecule has 0 aliphatic heterocycles. The van der Waals surface area contributed by atoms with Gasteiger partial charge in [-0.25, -0.2) is 10.2 Å². The molecule has 11 heavy (non-hydrogen) atoms. The summed E-state index contributed by atoms with van der Waals surface area (Å²) >= 11 is 0. The number of nitrogens with one attached hydrogen (secondary N) is 1. The number of aryl methyl sites for hydroxylation is 1. The van der Waals surface area contributed by atoms with Crippen LogP contribution in [0.15, 0.2) is 17.1 Å². The molecule has 0 fully saturated rings. The minimum absolute atomic E-state index is 0.134. The summed E-state index contributed by atoms with van der Waals surface area (Å²) in [5.74, 6) is 0. The molecule has 0 aromatic carbocycles. The summed E-state index contributed by atoms with van der Waals surface area (Å²) in [4.78, 5) is 15.2. The molecule has 2 aromatic heterocycles. The fraction of sp³-hybridized carbons (Fsp3) is 0.167. The first-order chi connectivity index (χ1) is 5.27. The maximum atomic E-state index is 11.1. The molecule has 0 bridgehead atoms. The standard InChI is InChI=1S/C6H6N4O/c1-4-2-6(11)10-5(8-4)3-7-9-10/h2-3,9H,1H3. The Morgan fingerprint density at radius 2 is 2.45 bits per heavy atom. The van der Waals surface area contributed by atoms with Crippen LogP contribution in [0.25, 0.3) is 5.65 Å². The third kappa shape index (κ3) is 0.813. The van der Waals surface area contributed by atoms with Gasteiger partial charge in [0, 0.05) is 11.8 Å². The fourth-order valence-electron chi connectivity index (χ4n) is 0.951. The van der Waals surface area contributed by atoms with Crippen molar-refractivity contribution in [3.8, 4) is 0 Å². The number of H-pyrrole nitrogens is 1. The number of aromatic nitrogens is 4. The van der Waals surface area contributed by atoms with Crippen molar-refractivity contribution in [1.29, 1.82) is 0 Å². The molecule has 5 nitrogen and oxygen atoms in total. The van der Waals surface area contributed by atoms with Crippen molar-refractivity contribution in [3.63, 3.8) is 0 Å². The van der Waals surface area contributed by atoms with Crippen LogP contribution < -0.4 is 5.56 Å². The van der Waals surface area contributed by atoms with E-state index in [2.05, 4.69) is 15.3 Å². The van der Waals surface area contributed by atoms with Crippen molar-refractivity contribution in [1.82, 2.24) is 19.8 Å². The van der Waals surface area contributed by atoms with Gasteiger partial charge in [0.1, 0.15) is 0 Å². The zero-order chi connectivity index (χ0) is 7.84. The molecule has 0 saturated carbocycles. The summed E-state index contributed by atoms with van der Waals surface area (Å²) in [6.07, 6.45) is 1.51. The quantitative estimate of drug-likeness (QED) is 0.562. The predicted molar refractivity (Wildman–Crippen MR) is 38.3 cm³/mol. The van der Waals surface area contributed by atoms with Gasteiger partial charge in [0.05, 0.1) is 6.20 Å². The van der Waals surface area contributed by atoms with Crippen molar-refractivity contribution in [2.75, 3.05) is 0 Å². The highest BCUT2D eigenvalue weighted by molar-refractivity contribution is 5.32. The molecule has 5 heteroatoms. The predicted octanol–water partition coefficient (Wildman–Crippen LogP) is -0.274. The van der Waals surface area contributed by atoms with Crippen molar-refractivity contribution in [3.05, 3.63) is 28.3 Å². The van der Waals surface area contributed by atoms with Gasteiger partial charge in [0.15, 0.2) is 5.65 Å². The summed E-state index contributed by atoms with van der Waals surface area (Å²) in [6, 6.07) is 1.45. The molecule has 1 N–H and O–H groups in total. The molecule has 0 aliphatic carbocycles. The zero-order valence-electron chi connectivity index (χ0n) is 5.90. The van der Waals surface area contributed by atoms with Gasteiger partial charge in [-0.3, -0.25) is 4.79 Å². The average Bonchev–Trinajstić information content (AvgIpc) is 2.34. The Bertz CT molecular complexity index is 441. The molecule has 0 atom stereocenters. The van der Waals surface area contributed by atoms with Crippen LogP contribution in [0.2, 0.25) is 0 Å². The summed E-state index contributed by atoms with van der Waals surface area (Å²) in [7, 11) is 0. The van der Waals surface area contributed by atoms with E-state index in [1.165, 1.54) is 16.8 Å². The molecule has 2 heterocycles. The fourth-order valence-corrected chi connectivity index (χ4v) is 0.951. The van der Waals surface area contributed by atoms with Gasteiger partial charge in [0.2, 0.25) is 0 Å². The van der Waals surface area contributed by atoms with Crippen LogP contribution in [0.4, 0.5) is 0 Å². The smallest absolute Gasteiger partial charge is 0.267 e. The Balaban J connectivity index is 3.02. The van der Waals surface area contributed by atoms with Gasteiger partial charge in [-0.1, -0.05) is 0 Å². The van der Waals surface area contributed by atoms with E-state index in [-0.39, 0.29) is 5.56 Å². The van der Waals surface area contributed by atoms with Crippen LogP contribution in [0.1, 0.15) is 5.69 Å². The first kappa shape index (κ1) is 6.09. The molecule has 0 radical (unpaired) electrons. The lowest BCUT2D eigenvalue weighted by atomic mass is 10.4. The Morgan fingerprint density at radius 3 is 3.27 bits per heavy atom. The van der Waals surface area contributed by atoms with Crippen LogP contribution >= 0.6 is 0 Å². The molecular formula is C6H6N4O. The van der Waals surface area contributed by atoms with E-state index in [1.807, 2.05) is 0 Å². The topological polar surface area (TPSA) is 63.0 Å². The SMILES string of the molecule is Cc1cc(=O)n2[nH]ncc2n1. The van der Waals surface area contributed by atoms with Gasteiger partial charge in [-0.2, -0.15) is 9.61 Å². The lowest BCUT2D eigenvalue weighted by Crippen LogP contribution is -2.14. The lowest BCUT2D eigenvalue weighted by molar-refractivity contribution is 0.816. The first-order valence-electron chi connectivity index (χ1n) is 3.17. The second-order valence-electron chi connectivity index (χ2n) is 2.29. The maximum Gasteiger partial charge on any atom is 0.274 e. The van der Waals surface area contributed by atoms with Crippen molar-refractivity contribution >= 4 is 5.65 Å². The van der Waals surface area contributed by atoms with Gasteiger partial charge in [-0.15, -0.1) is 0 Å². The Kier molecular flexibility index (Phi) is 1.06. The van der Waals surface area contributed by atoms with Gasteiger partial charge in [0.25, 0.3) is 5.56 Å². The van der Waals surface area contributed by atoms with Crippen LogP contribution in [-0.2, 0) is 0 Å². The summed E-state index contributed by atoms with van der Waals surface area (Å²) in [5.41, 5.74) is 1.12. The van der Waals surface area contributed by atoms with E-state index in [4.69, 9.17) is 0 Å². The normalized spacial score (nSPS) is 10.6. The number of hydrogen-bond donors (Lipinski definition) is 1. The molecule has 0 saturated heterocycles. The number of aromatic amines is 1.